The van der Waals surface area contributed by atoms with E-state index in [-0.39, 0.29) is 11.9 Å². The molecule has 1 atom stereocenters. The average Bonchev–Trinajstić information content (AvgIpc) is 2.77. The highest BCUT2D eigenvalue weighted by Crippen LogP contribution is 2.25. The van der Waals surface area contributed by atoms with E-state index in [1.54, 1.807) is 0 Å². The summed E-state index contributed by atoms with van der Waals surface area (Å²) in [5.41, 5.74) is 2.28. The monoisotopic (exact) mass is 258 g/mol. The van der Waals surface area contributed by atoms with Crippen LogP contribution in [0.1, 0.15) is 37.7 Å². The van der Waals surface area contributed by atoms with Crippen LogP contribution in [0.25, 0.3) is 0 Å². The van der Waals surface area contributed by atoms with Crippen molar-refractivity contribution in [3.05, 3.63) is 29.8 Å². The van der Waals surface area contributed by atoms with E-state index in [0.717, 1.165) is 31.6 Å². The maximum Gasteiger partial charge on any atom is 0.241 e. The number of aryl methyl sites for hydroxylation is 1. The second kappa shape index (κ2) is 5.74. The predicted octanol–water partition coefficient (Wildman–Crippen LogP) is 2.82. The van der Waals surface area contributed by atoms with Crippen molar-refractivity contribution in [2.45, 2.75) is 44.6 Å². The van der Waals surface area contributed by atoms with E-state index in [2.05, 4.69) is 22.3 Å². The van der Waals surface area contributed by atoms with Crippen molar-refractivity contribution in [2.75, 3.05) is 18.4 Å². The summed E-state index contributed by atoms with van der Waals surface area (Å²) in [6.45, 7) is 2.16. The van der Waals surface area contributed by atoms with Crippen LogP contribution in [0, 0.1) is 0 Å². The van der Waals surface area contributed by atoms with Crippen LogP contribution in [0.5, 0.6) is 0 Å². The van der Waals surface area contributed by atoms with Gasteiger partial charge in [0.2, 0.25) is 5.91 Å². The van der Waals surface area contributed by atoms with Crippen LogP contribution in [0.3, 0.4) is 0 Å². The number of likely N-dealkylation sites (tertiary alicyclic amines) is 1. The molecule has 1 aromatic carbocycles. The molecule has 1 aromatic rings. The highest BCUT2D eigenvalue weighted by Gasteiger charge is 2.28. The van der Waals surface area contributed by atoms with Crippen molar-refractivity contribution in [2.24, 2.45) is 0 Å². The Balaban J connectivity index is 1.76. The summed E-state index contributed by atoms with van der Waals surface area (Å²) in [5.74, 6) is 0.187. The first kappa shape index (κ1) is 12.7. The molecule has 2 aliphatic rings. The van der Waals surface area contributed by atoms with Crippen molar-refractivity contribution < 1.29 is 4.79 Å². The Bertz CT molecular complexity index is 450. The second-order valence-electron chi connectivity index (χ2n) is 5.65. The number of rotatable bonds is 1. The van der Waals surface area contributed by atoms with Crippen molar-refractivity contribution >= 4 is 11.6 Å². The van der Waals surface area contributed by atoms with E-state index in [0.29, 0.717) is 0 Å². The van der Waals surface area contributed by atoms with E-state index < -0.39 is 0 Å². The van der Waals surface area contributed by atoms with Gasteiger partial charge < -0.3 is 5.32 Å². The van der Waals surface area contributed by atoms with Gasteiger partial charge in [0.25, 0.3) is 0 Å². The standard InChI is InChI=1S/C16H22N2O/c19-16-15(18-11-5-1-2-6-12-18)10-9-13-7-3-4-8-14(13)17-16/h3-4,7-8,15H,1-2,5-6,9-12H2,(H,17,19)/t15-/m0/s1. The first-order valence-corrected chi connectivity index (χ1v) is 7.47. The quantitative estimate of drug-likeness (QED) is 0.840. The fraction of sp³-hybridized carbons (Fsp3) is 0.562. The molecule has 3 heteroatoms. The predicted molar refractivity (Wildman–Crippen MR) is 77.2 cm³/mol. The zero-order valence-corrected chi connectivity index (χ0v) is 11.4. The highest BCUT2D eigenvalue weighted by atomic mass is 16.2. The summed E-state index contributed by atoms with van der Waals surface area (Å²) in [6, 6.07) is 8.24. The van der Waals surface area contributed by atoms with Gasteiger partial charge in [-0.3, -0.25) is 9.69 Å². The van der Waals surface area contributed by atoms with Crippen LogP contribution in [-0.2, 0) is 11.2 Å². The van der Waals surface area contributed by atoms with Gasteiger partial charge in [-0.2, -0.15) is 0 Å². The molecule has 1 saturated heterocycles. The summed E-state index contributed by atoms with van der Waals surface area (Å²) < 4.78 is 0. The van der Waals surface area contributed by atoms with Gasteiger partial charge in [-0.25, -0.2) is 0 Å². The van der Waals surface area contributed by atoms with Gasteiger partial charge in [-0.1, -0.05) is 31.0 Å². The fourth-order valence-corrected chi connectivity index (χ4v) is 3.25. The van der Waals surface area contributed by atoms with E-state index >= 15 is 0 Å². The molecule has 1 fully saturated rings. The molecule has 19 heavy (non-hydrogen) atoms. The number of para-hydroxylation sites is 1. The maximum atomic E-state index is 12.4. The average molecular weight is 258 g/mol. The van der Waals surface area contributed by atoms with Crippen LogP contribution in [0.4, 0.5) is 5.69 Å². The number of amides is 1. The fourth-order valence-electron chi connectivity index (χ4n) is 3.25. The number of carbonyl (C=O) groups is 1. The molecule has 3 nitrogen and oxygen atoms in total. The van der Waals surface area contributed by atoms with Gasteiger partial charge in [0.1, 0.15) is 0 Å². The molecule has 0 saturated carbocycles. The number of hydrogen-bond acceptors (Lipinski definition) is 2. The number of carbonyl (C=O) groups excluding carboxylic acids is 1. The zero-order valence-electron chi connectivity index (χ0n) is 11.4. The largest absolute Gasteiger partial charge is 0.324 e. The lowest BCUT2D eigenvalue weighted by Gasteiger charge is -2.28. The number of fused-ring (bicyclic) bond motifs is 1. The molecule has 0 radical (unpaired) electrons. The van der Waals surface area contributed by atoms with Gasteiger partial charge in [0, 0.05) is 5.69 Å². The molecule has 0 unspecified atom stereocenters. The van der Waals surface area contributed by atoms with Crippen molar-refractivity contribution in [1.82, 2.24) is 4.90 Å². The van der Waals surface area contributed by atoms with Crippen LogP contribution >= 0.6 is 0 Å². The summed E-state index contributed by atoms with van der Waals surface area (Å²) in [7, 11) is 0. The minimum Gasteiger partial charge on any atom is -0.324 e. The Labute approximate surface area is 115 Å². The minimum absolute atomic E-state index is 0.0606. The zero-order chi connectivity index (χ0) is 13.1. The summed E-state index contributed by atoms with van der Waals surface area (Å²) in [4.78, 5) is 14.8. The maximum absolute atomic E-state index is 12.4. The minimum atomic E-state index is 0.0606. The van der Waals surface area contributed by atoms with E-state index in [9.17, 15) is 4.79 Å². The molecule has 3 rings (SSSR count). The summed E-state index contributed by atoms with van der Waals surface area (Å²) in [6.07, 6.45) is 7.03. The van der Waals surface area contributed by atoms with Gasteiger partial charge in [-0.15, -0.1) is 0 Å². The molecule has 0 aromatic heterocycles. The van der Waals surface area contributed by atoms with Crippen molar-refractivity contribution in [3.63, 3.8) is 0 Å². The third kappa shape index (κ3) is 2.81. The van der Waals surface area contributed by atoms with Gasteiger partial charge >= 0.3 is 0 Å². The smallest absolute Gasteiger partial charge is 0.241 e. The third-order valence-electron chi connectivity index (χ3n) is 4.35. The Morgan fingerprint density at radius 2 is 1.79 bits per heavy atom. The SMILES string of the molecule is O=C1Nc2ccccc2CC[C@@H]1N1CCCCCC1. The summed E-state index contributed by atoms with van der Waals surface area (Å²) >= 11 is 0. The van der Waals surface area contributed by atoms with Crippen LogP contribution in [-0.4, -0.2) is 29.9 Å². The topological polar surface area (TPSA) is 32.3 Å². The summed E-state index contributed by atoms with van der Waals surface area (Å²) in [5, 5.41) is 3.11. The number of hydrogen-bond donors (Lipinski definition) is 1. The Morgan fingerprint density at radius 3 is 2.58 bits per heavy atom. The van der Waals surface area contributed by atoms with Gasteiger partial charge in [0.15, 0.2) is 0 Å². The van der Waals surface area contributed by atoms with Crippen molar-refractivity contribution in [1.29, 1.82) is 0 Å². The third-order valence-corrected chi connectivity index (χ3v) is 4.35. The first-order valence-electron chi connectivity index (χ1n) is 7.47. The molecular weight excluding hydrogens is 236 g/mol. The normalized spacial score (nSPS) is 25.1. The molecular formula is C16H22N2O. The van der Waals surface area contributed by atoms with Crippen molar-refractivity contribution in [3.8, 4) is 0 Å². The molecule has 1 amide bonds. The Hall–Kier alpha value is -1.35. The molecule has 0 bridgehead atoms. The van der Waals surface area contributed by atoms with Gasteiger partial charge in [-0.05, 0) is 50.4 Å². The molecule has 0 spiro atoms. The second-order valence-corrected chi connectivity index (χ2v) is 5.65. The van der Waals surface area contributed by atoms with Gasteiger partial charge in [0.05, 0.1) is 6.04 Å². The lowest BCUT2D eigenvalue weighted by atomic mass is 10.0. The molecule has 2 heterocycles. The molecule has 2 aliphatic heterocycles. The van der Waals surface area contributed by atoms with Crippen LogP contribution < -0.4 is 5.32 Å². The number of nitrogens with one attached hydrogen (secondary N) is 1. The first-order chi connectivity index (χ1) is 9.34. The number of benzene rings is 1. The van der Waals surface area contributed by atoms with E-state index in [1.807, 2.05) is 12.1 Å². The van der Waals surface area contributed by atoms with E-state index in [4.69, 9.17) is 0 Å². The van der Waals surface area contributed by atoms with E-state index in [1.165, 1.54) is 31.2 Å². The van der Waals surface area contributed by atoms with Crippen LogP contribution in [0.2, 0.25) is 0 Å². The molecule has 0 aliphatic carbocycles. The Kier molecular flexibility index (Phi) is 3.83. The molecule has 102 valence electrons. The number of nitrogens with zero attached hydrogens (tertiary/aromatic N) is 1. The number of anilines is 1. The lowest BCUT2D eigenvalue weighted by molar-refractivity contribution is -0.121. The molecule has 1 N–H and O–H groups in total. The Morgan fingerprint density at radius 1 is 1.05 bits per heavy atom. The van der Waals surface area contributed by atoms with Crippen LogP contribution in [0.15, 0.2) is 24.3 Å². The highest BCUT2D eigenvalue weighted by molar-refractivity contribution is 5.96. The lowest BCUT2D eigenvalue weighted by Crippen LogP contribution is -2.44.